The first-order valence-corrected chi connectivity index (χ1v) is 12.4. The second-order valence-corrected chi connectivity index (χ2v) is 9.65. The SMILES string of the molecule is CC(C)Oc1ccc(-c2nc(-c3ccc(CC4CC(C(=O)O)CCN4)c4ccccc34)no2)cc1C#N.Cl. The van der Waals surface area contributed by atoms with Crippen molar-refractivity contribution >= 4 is 29.1 Å². The number of nitrogens with zero attached hydrogens (tertiary/aromatic N) is 3. The van der Waals surface area contributed by atoms with Crippen LogP contribution in [0.1, 0.15) is 37.8 Å². The number of aromatic nitrogens is 2. The molecule has 2 unspecified atom stereocenters. The molecule has 4 aromatic rings. The molecule has 2 heterocycles. The number of rotatable bonds is 7. The Morgan fingerprint density at radius 2 is 2.00 bits per heavy atom. The van der Waals surface area contributed by atoms with Crippen LogP contribution in [0.2, 0.25) is 0 Å². The summed E-state index contributed by atoms with van der Waals surface area (Å²) in [6.07, 6.45) is 1.97. The molecular weight excluding hydrogens is 504 g/mol. The van der Waals surface area contributed by atoms with E-state index in [1.54, 1.807) is 18.2 Å². The molecular formula is C29H29ClN4O4. The van der Waals surface area contributed by atoms with Gasteiger partial charge in [-0.1, -0.05) is 41.6 Å². The maximum Gasteiger partial charge on any atom is 0.306 e. The number of benzene rings is 3. The fourth-order valence-corrected chi connectivity index (χ4v) is 4.94. The van der Waals surface area contributed by atoms with Crippen molar-refractivity contribution in [2.75, 3.05) is 6.54 Å². The van der Waals surface area contributed by atoms with E-state index in [2.05, 4.69) is 33.7 Å². The minimum atomic E-state index is -0.719. The summed E-state index contributed by atoms with van der Waals surface area (Å²) < 4.78 is 11.3. The Bertz CT molecular complexity index is 1490. The van der Waals surface area contributed by atoms with Gasteiger partial charge in [-0.15, -0.1) is 12.4 Å². The average Bonchev–Trinajstić information content (AvgIpc) is 3.39. The number of aliphatic carboxylic acids is 1. The molecule has 3 aromatic carbocycles. The predicted octanol–water partition coefficient (Wildman–Crippen LogP) is 5.63. The van der Waals surface area contributed by atoms with Crippen LogP contribution in [-0.2, 0) is 11.2 Å². The molecule has 8 nitrogen and oxygen atoms in total. The van der Waals surface area contributed by atoms with Crippen molar-refractivity contribution in [1.82, 2.24) is 15.5 Å². The van der Waals surface area contributed by atoms with Crippen LogP contribution in [-0.4, -0.2) is 39.9 Å². The third-order valence-corrected chi connectivity index (χ3v) is 6.70. The van der Waals surface area contributed by atoms with Gasteiger partial charge >= 0.3 is 5.97 Å². The fraction of sp³-hybridized carbons (Fsp3) is 0.310. The molecule has 5 rings (SSSR count). The molecule has 1 saturated heterocycles. The molecule has 0 saturated carbocycles. The number of piperidine rings is 1. The second kappa shape index (κ2) is 11.6. The summed E-state index contributed by atoms with van der Waals surface area (Å²) in [6.45, 7) is 4.53. The summed E-state index contributed by atoms with van der Waals surface area (Å²) in [5.41, 5.74) is 3.03. The Labute approximate surface area is 227 Å². The van der Waals surface area contributed by atoms with Crippen molar-refractivity contribution in [2.24, 2.45) is 5.92 Å². The van der Waals surface area contributed by atoms with Crippen LogP contribution in [0.25, 0.3) is 33.6 Å². The van der Waals surface area contributed by atoms with Crippen LogP contribution >= 0.6 is 12.4 Å². The van der Waals surface area contributed by atoms with Crippen molar-refractivity contribution in [3.05, 3.63) is 65.7 Å². The van der Waals surface area contributed by atoms with Crippen LogP contribution in [0, 0.1) is 17.2 Å². The normalized spacial score (nSPS) is 17.1. The number of carbonyl (C=O) groups is 1. The zero-order valence-corrected chi connectivity index (χ0v) is 22.0. The van der Waals surface area contributed by atoms with Gasteiger partial charge in [0.05, 0.1) is 17.6 Å². The van der Waals surface area contributed by atoms with Crippen LogP contribution < -0.4 is 10.1 Å². The molecule has 0 amide bonds. The lowest BCUT2D eigenvalue weighted by Crippen LogP contribution is -2.41. The molecule has 1 aromatic heterocycles. The van der Waals surface area contributed by atoms with Crippen molar-refractivity contribution in [2.45, 2.75) is 45.3 Å². The number of fused-ring (bicyclic) bond motifs is 1. The zero-order chi connectivity index (χ0) is 25.9. The second-order valence-electron chi connectivity index (χ2n) is 9.65. The highest BCUT2D eigenvalue weighted by atomic mass is 35.5. The third kappa shape index (κ3) is 5.64. The third-order valence-electron chi connectivity index (χ3n) is 6.70. The lowest BCUT2D eigenvalue weighted by atomic mass is 9.87. The monoisotopic (exact) mass is 532 g/mol. The van der Waals surface area contributed by atoms with E-state index in [4.69, 9.17) is 9.26 Å². The molecule has 0 aliphatic carbocycles. The van der Waals surface area contributed by atoms with E-state index in [0.717, 1.165) is 28.3 Å². The number of hydrogen-bond donors (Lipinski definition) is 2. The number of carboxylic acid groups (broad SMARTS) is 1. The van der Waals surface area contributed by atoms with E-state index < -0.39 is 5.97 Å². The molecule has 38 heavy (non-hydrogen) atoms. The standard InChI is InChI=1S/C29H28N4O4.ClH/c1-17(2)36-26-10-8-19(13-21(26)16-30)28-32-27(33-37-28)25-9-7-18(23-5-3-4-6-24(23)25)14-22-15-20(29(34)35)11-12-31-22;/h3-10,13,17,20,22,31H,11-12,14-15H2,1-2H3,(H,34,35);1H. The first-order valence-electron chi connectivity index (χ1n) is 12.4. The van der Waals surface area contributed by atoms with Gasteiger partial charge in [0.2, 0.25) is 5.82 Å². The Balaban J connectivity index is 0.00000336. The number of halogens is 1. The van der Waals surface area contributed by atoms with E-state index in [0.29, 0.717) is 48.0 Å². The summed E-state index contributed by atoms with van der Waals surface area (Å²) >= 11 is 0. The van der Waals surface area contributed by atoms with Crippen molar-refractivity contribution < 1.29 is 19.2 Å². The minimum absolute atomic E-state index is 0. The summed E-state index contributed by atoms with van der Waals surface area (Å²) in [7, 11) is 0. The maximum atomic E-state index is 11.5. The average molecular weight is 533 g/mol. The minimum Gasteiger partial charge on any atom is -0.490 e. The highest BCUT2D eigenvalue weighted by Crippen LogP contribution is 2.33. The molecule has 0 radical (unpaired) electrons. The van der Waals surface area contributed by atoms with Crippen molar-refractivity contribution in [3.63, 3.8) is 0 Å². The maximum absolute atomic E-state index is 11.5. The first kappa shape index (κ1) is 27.1. The lowest BCUT2D eigenvalue weighted by Gasteiger charge is -2.28. The quantitative estimate of drug-likeness (QED) is 0.314. The van der Waals surface area contributed by atoms with E-state index in [9.17, 15) is 15.2 Å². The van der Waals surface area contributed by atoms with Gasteiger partial charge in [0, 0.05) is 17.2 Å². The zero-order valence-electron chi connectivity index (χ0n) is 21.2. The van der Waals surface area contributed by atoms with Crippen LogP contribution in [0.15, 0.2) is 59.1 Å². The van der Waals surface area contributed by atoms with Gasteiger partial charge in [-0.25, -0.2) is 0 Å². The smallest absolute Gasteiger partial charge is 0.306 e. The summed E-state index contributed by atoms with van der Waals surface area (Å²) in [5.74, 6) is 0.276. The molecule has 0 bridgehead atoms. The van der Waals surface area contributed by atoms with Crippen LogP contribution in [0.4, 0.5) is 0 Å². The number of nitriles is 1. The fourth-order valence-electron chi connectivity index (χ4n) is 4.94. The van der Waals surface area contributed by atoms with Gasteiger partial charge < -0.3 is 19.7 Å². The summed E-state index contributed by atoms with van der Waals surface area (Å²) in [5, 5.41) is 28.8. The molecule has 2 N–H and O–H groups in total. The van der Waals surface area contributed by atoms with Gasteiger partial charge in [-0.3, -0.25) is 4.79 Å². The molecule has 1 aliphatic heterocycles. The summed E-state index contributed by atoms with van der Waals surface area (Å²) in [4.78, 5) is 16.1. The van der Waals surface area contributed by atoms with Crippen LogP contribution in [0.5, 0.6) is 5.75 Å². The van der Waals surface area contributed by atoms with E-state index in [1.165, 1.54) is 0 Å². The van der Waals surface area contributed by atoms with Gasteiger partial charge in [-0.05, 0) is 74.2 Å². The Morgan fingerprint density at radius 1 is 1.21 bits per heavy atom. The molecule has 2 atom stereocenters. The number of nitrogens with one attached hydrogen (secondary N) is 1. The highest BCUT2D eigenvalue weighted by molar-refractivity contribution is 5.97. The van der Waals surface area contributed by atoms with Gasteiger partial charge in [0.15, 0.2) is 0 Å². The molecule has 1 fully saturated rings. The number of carboxylic acids is 1. The molecule has 1 aliphatic rings. The van der Waals surface area contributed by atoms with Gasteiger partial charge in [-0.2, -0.15) is 10.2 Å². The lowest BCUT2D eigenvalue weighted by molar-refractivity contribution is -0.142. The highest BCUT2D eigenvalue weighted by Gasteiger charge is 2.27. The van der Waals surface area contributed by atoms with Gasteiger partial charge in [0.1, 0.15) is 11.8 Å². The van der Waals surface area contributed by atoms with E-state index >= 15 is 0 Å². The van der Waals surface area contributed by atoms with E-state index in [1.807, 2.05) is 38.1 Å². The number of hydrogen-bond acceptors (Lipinski definition) is 7. The van der Waals surface area contributed by atoms with Crippen molar-refractivity contribution in [3.8, 4) is 34.7 Å². The molecule has 9 heteroatoms. The molecule has 196 valence electrons. The van der Waals surface area contributed by atoms with Gasteiger partial charge in [0.25, 0.3) is 5.89 Å². The topological polar surface area (TPSA) is 121 Å². The summed E-state index contributed by atoms with van der Waals surface area (Å²) in [6, 6.07) is 19.6. The Hall–Kier alpha value is -3.93. The Morgan fingerprint density at radius 3 is 2.74 bits per heavy atom. The van der Waals surface area contributed by atoms with Crippen LogP contribution in [0.3, 0.4) is 0 Å². The van der Waals surface area contributed by atoms with E-state index in [-0.39, 0.29) is 30.5 Å². The Kier molecular flexibility index (Phi) is 8.30. The number of ether oxygens (including phenoxy) is 1. The largest absolute Gasteiger partial charge is 0.490 e. The molecule has 0 spiro atoms. The first-order chi connectivity index (χ1) is 17.9. The van der Waals surface area contributed by atoms with Crippen molar-refractivity contribution in [1.29, 1.82) is 5.26 Å². The predicted molar refractivity (Wildman–Crippen MR) is 146 cm³/mol.